The van der Waals surface area contributed by atoms with Crippen LogP contribution in [0.15, 0.2) is 47.9 Å². The zero-order chi connectivity index (χ0) is 18.9. The Labute approximate surface area is 158 Å². The smallest absolute Gasteiger partial charge is 0.251 e. The number of hydrogen-bond acceptors (Lipinski definition) is 5. The highest BCUT2D eigenvalue weighted by Crippen LogP contribution is 2.18. The van der Waals surface area contributed by atoms with E-state index in [0.29, 0.717) is 17.3 Å². The lowest BCUT2D eigenvalue weighted by molar-refractivity contribution is -0.120. The van der Waals surface area contributed by atoms with E-state index in [-0.39, 0.29) is 23.1 Å². The second-order valence-corrected chi connectivity index (χ2v) is 7.30. The van der Waals surface area contributed by atoms with Gasteiger partial charge in [0.25, 0.3) is 5.91 Å². The fourth-order valence-corrected chi connectivity index (χ4v) is 2.82. The van der Waals surface area contributed by atoms with Gasteiger partial charge in [-0.25, -0.2) is 9.97 Å². The van der Waals surface area contributed by atoms with Crippen LogP contribution in [0.3, 0.4) is 0 Å². The van der Waals surface area contributed by atoms with E-state index in [0.717, 1.165) is 12.0 Å². The molecule has 1 aromatic heterocycles. The molecule has 0 fully saturated rings. The summed E-state index contributed by atoms with van der Waals surface area (Å²) in [5, 5.41) is 6.11. The number of nitrogens with one attached hydrogen (secondary N) is 2. The van der Waals surface area contributed by atoms with Gasteiger partial charge in [-0.15, -0.1) is 0 Å². The van der Waals surface area contributed by atoms with Crippen molar-refractivity contribution >= 4 is 23.6 Å². The standard InChI is InChI=1S/C19H24N4O2S/c1-4-13(2)23-18(25)16-8-6-15(7-9-16)12-22-17(24)14(3)26-19-20-10-5-11-21-19/h5-11,13-14H,4,12H2,1-3H3,(H,22,24)(H,23,25)/t13-,14-/m1/s1. The highest BCUT2D eigenvalue weighted by molar-refractivity contribution is 8.00. The third-order valence-corrected chi connectivity index (χ3v) is 4.86. The van der Waals surface area contributed by atoms with Crippen LogP contribution in [-0.2, 0) is 11.3 Å². The molecule has 1 heterocycles. The predicted octanol–water partition coefficient (Wildman–Crippen LogP) is 2.80. The molecule has 0 aliphatic rings. The molecule has 0 spiro atoms. The van der Waals surface area contributed by atoms with Crippen LogP contribution in [0.4, 0.5) is 0 Å². The van der Waals surface area contributed by atoms with Crippen LogP contribution >= 0.6 is 11.8 Å². The maximum absolute atomic E-state index is 12.2. The number of hydrogen-bond donors (Lipinski definition) is 2. The summed E-state index contributed by atoms with van der Waals surface area (Å²) >= 11 is 1.31. The lowest BCUT2D eigenvalue weighted by atomic mass is 10.1. The number of thioether (sulfide) groups is 1. The molecule has 2 aromatic rings. The van der Waals surface area contributed by atoms with Gasteiger partial charge in [-0.3, -0.25) is 9.59 Å². The molecule has 138 valence electrons. The molecule has 0 bridgehead atoms. The first-order chi connectivity index (χ1) is 12.5. The normalized spacial score (nSPS) is 12.9. The van der Waals surface area contributed by atoms with Crippen molar-refractivity contribution in [3.8, 4) is 0 Å². The molecule has 2 amide bonds. The van der Waals surface area contributed by atoms with Crippen LogP contribution in [0.1, 0.15) is 43.1 Å². The van der Waals surface area contributed by atoms with Crippen LogP contribution < -0.4 is 10.6 Å². The van der Waals surface area contributed by atoms with Crippen molar-refractivity contribution < 1.29 is 9.59 Å². The van der Waals surface area contributed by atoms with Crippen molar-refractivity contribution in [2.75, 3.05) is 0 Å². The van der Waals surface area contributed by atoms with Crippen molar-refractivity contribution in [1.29, 1.82) is 0 Å². The summed E-state index contributed by atoms with van der Waals surface area (Å²) < 4.78 is 0. The Hall–Kier alpha value is -2.41. The summed E-state index contributed by atoms with van der Waals surface area (Å²) in [5.41, 5.74) is 1.55. The van der Waals surface area contributed by atoms with Gasteiger partial charge in [-0.1, -0.05) is 30.8 Å². The lowest BCUT2D eigenvalue weighted by Crippen LogP contribution is -2.32. The van der Waals surface area contributed by atoms with Crippen LogP contribution in [0.2, 0.25) is 0 Å². The molecule has 0 radical (unpaired) electrons. The van der Waals surface area contributed by atoms with E-state index >= 15 is 0 Å². The fourth-order valence-electron chi connectivity index (χ4n) is 2.07. The van der Waals surface area contributed by atoms with Gasteiger partial charge in [-0.05, 0) is 44.0 Å². The molecule has 2 N–H and O–H groups in total. The minimum Gasteiger partial charge on any atom is -0.351 e. The maximum atomic E-state index is 12.2. The van der Waals surface area contributed by atoms with Gasteiger partial charge in [0.2, 0.25) is 5.91 Å². The van der Waals surface area contributed by atoms with Crippen molar-refractivity contribution in [2.24, 2.45) is 0 Å². The molecular weight excluding hydrogens is 348 g/mol. The molecule has 2 atom stereocenters. The Bertz CT molecular complexity index is 722. The van der Waals surface area contributed by atoms with Crippen molar-refractivity contribution in [2.45, 2.75) is 50.2 Å². The second kappa shape index (κ2) is 9.91. The van der Waals surface area contributed by atoms with E-state index in [1.54, 1.807) is 30.6 Å². The molecule has 6 nitrogen and oxygen atoms in total. The highest BCUT2D eigenvalue weighted by atomic mass is 32.2. The first kappa shape index (κ1) is 19.9. The Balaban J connectivity index is 1.83. The first-order valence-electron chi connectivity index (χ1n) is 8.60. The van der Waals surface area contributed by atoms with Crippen LogP contribution in [0.25, 0.3) is 0 Å². The topological polar surface area (TPSA) is 84.0 Å². The summed E-state index contributed by atoms with van der Waals surface area (Å²) in [6.07, 6.45) is 4.19. The zero-order valence-corrected chi connectivity index (χ0v) is 16.0. The number of carbonyl (C=O) groups is 2. The van der Waals surface area contributed by atoms with Crippen molar-refractivity contribution in [1.82, 2.24) is 20.6 Å². The monoisotopic (exact) mass is 372 g/mol. The average Bonchev–Trinajstić information content (AvgIpc) is 2.67. The minimum absolute atomic E-state index is 0.0807. The van der Waals surface area contributed by atoms with Gasteiger partial charge < -0.3 is 10.6 Å². The summed E-state index contributed by atoms with van der Waals surface area (Å²) in [4.78, 5) is 32.5. The van der Waals surface area contributed by atoms with E-state index in [2.05, 4.69) is 20.6 Å². The second-order valence-electron chi connectivity index (χ2n) is 5.99. The summed E-state index contributed by atoms with van der Waals surface area (Å²) in [6, 6.07) is 9.13. The molecule has 0 saturated heterocycles. The maximum Gasteiger partial charge on any atom is 0.251 e. The molecule has 0 saturated carbocycles. The molecule has 0 aliphatic heterocycles. The summed E-state index contributed by atoms with van der Waals surface area (Å²) in [6.45, 7) is 6.23. The molecule has 0 unspecified atom stereocenters. The van der Waals surface area contributed by atoms with Crippen molar-refractivity contribution in [3.63, 3.8) is 0 Å². The van der Waals surface area contributed by atoms with E-state index in [1.165, 1.54) is 11.8 Å². The molecule has 7 heteroatoms. The number of carbonyl (C=O) groups excluding carboxylic acids is 2. The van der Waals surface area contributed by atoms with Gasteiger partial charge >= 0.3 is 0 Å². The zero-order valence-electron chi connectivity index (χ0n) is 15.2. The van der Waals surface area contributed by atoms with E-state index < -0.39 is 0 Å². The van der Waals surface area contributed by atoms with Gasteiger partial charge in [0.1, 0.15) is 0 Å². The lowest BCUT2D eigenvalue weighted by Gasteiger charge is -2.12. The number of amides is 2. The third kappa shape index (κ3) is 6.15. The largest absolute Gasteiger partial charge is 0.351 e. The Morgan fingerprint density at radius 2 is 1.77 bits per heavy atom. The quantitative estimate of drug-likeness (QED) is 0.550. The van der Waals surface area contributed by atoms with Crippen LogP contribution in [0.5, 0.6) is 0 Å². The fraction of sp³-hybridized carbons (Fsp3) is 0.368. The van der Waals surface area contributed by atoms with Gasteiger partial charge in [0.05, 0.1) is 5.25 Å². The number of rotatable bonds is 8. The van der Waals surface area contributed by atoms with Crippen LogP contribution in [0, 0.1) is 0 Å². The Morgan fingerprint density at radius 1 is 1.12 bits per heavy atom. The SMILES string of the molecule is CC[C@@H](C)NC(=O)c1ccc(CNC(=O)[C@@H](C)Sc2ncccn2)cc1. The average molecular weight is 372 g/mol. The number of benzene rings is 1. The predicted molar refractivity (Wildman–Crippen MR) is 103 cm³/mol. The Morgan fingerprint density at radius 3 is 2.38 bits per heavy atom. The van der Waals surface area contributed by atoms with Crippen molar-refractivity contribution in [3.05, 3.63) is 53.9 Å². The third-order valence-electron chi connectivity index (χ3n) is 3.87. The van der Waals surface area contributed by atoms with E-state index in [9.17, 15) is 9.59 Å². The first-order valence-corrected chi connectivity index (χ1v) is 9.48. The highest BCUT2D eigenvalue weighted by Gasteiger charge is 2.15. The minimum atomic E-state index is -0.294. The number of aromatic nitrogens is 2. The van der Waals surface area contributed by atoms with Gasteiger partial charge in [0, 0.05) is 30.5 Å². The molecular formula is C19H24N4O2S. The van der Waals surface area contributed by atoms with Gasteiger partial charge in [0.15, 0.2) is 5.16 Å². The molecule has 2 rings (SSSR count). The Kier molecular flexibility index (Phi) is 7.59. The summed E-state index contributed by atoms with van der Waals surface area (Å²) in [7, 11) is 0. The van der Waals surface area contributed by atoms with E-state index in [4.69, 9.17) is 0 Å². The van der Waals surface area contributed by atoms with E-state index in [1.807, 2.05) is 32.9 Å². The molecule has 26 heavy (non-hydrogen) atoms. The number of nitrogens with zero attached hydrogens (tertiary/aromatic N) is 2. The van der Waals surface area contributed by atoms with Gasteiger partial charge in [-0.2, -0.15) is 0 Å². The van der Waals surface area contributed by atoms with Crippen LogP contribution in [-0.4, -0.2) is 33.1 Å². The molecule has 0 aliphatic carbocycles. The molecule has 1 aromatic carbocycles. The summed E-state index contributed by atoms with van der Waals surface area (Å²) in [5.74, 6) is -0.163.